The van der Waals surface area contributed by atoms with E-state index in [4.69, 9.17) is 17.3 Å². The zero-order chi connectivity index (χ0) is 14.2. The number of nitrogens with one attached hydrogen (secondary N) is 1. The quantitative estimate of drug-likeness (QED) is 0.887. The molecule has 2 aromatic heterocycles. The molecule has 19 heavy (non-hydrogen) atoms. The van der Waals surface area contributed by atoms with Crippen LogP contribution in [-0.4, -0.2) is 42.3 Å². The van der Waals surface area contributed by atoms with E-state index in [0.29, 0.717) is 16.1 Å². The van der Waals surface area contributed by atoms with Crippen LogP contribution in [0, 0.1) is 0 Å². The maximum Gasteiger partial charge on any atom is 0.245 e. The first-order valence-corrected chi connectivity index (χ1v) is 7.51. The molecule has 0 radical (unpaired) electrons. The lowest BCUT2D eigenvalue weighted by Gasteiger charge is -2.22. The lowest BCUT2D eigenvalue weighted by Crippen LogP contribution is -2.39. The van der Waals surface area contributed by atoms with Crippen molar-refractivity contribution >= 4 is 32.7 Å². The first-order chi connectivity index (χ1) is 8.89. The van der Waals surface area contributed by atoms with Gasteiger partial charge in [-0.3, -0.25) is 0 Å². The molecule has 0 spiro atoms. The van der Waals surface area contributed by atoms with E-state index in [2.05, 4.69) is 9.97 Å². The molecule has 0 aliphatic carbocycles. The summed E-state index contributed by atoms with van der Waals surface area (Å²) >= 11 is 6.06. The Labute approximate surface area is 116 Å². The van der Waals surface area contributed by atoms with Gasteiger partial charge in [-0.05, 0) is 13.0 Å². The number of fused-ring (bicyclic) bond motifs is 1. The summed E-state index contributed by atoms with van der Waals surface area (Å²) in [6.07, 6.45) is 2.92. The topological polar surface area (TPSA) is 92.1 Å². The predicted octanol–water partition coefficient (Wildman–Crippen LogP) is 1.18. The smallest absolute Gasteiger partial charge is 0.245 e. The van der Waals surface area contributed by atoms with E-state index in [1.54, 1.807) is 13.0 Å². The van der Waals surface area contributed by atoms with Crippen LogP contribution in [0.1, 0.15) is 6.92 Å². The summed E-state index contributed by atoms with van der Waals surface area (Å²) in [7, 11) is -2.16. The normalized spacial score (nSPS) is 14.2. The number of sulfonamides is 1. The van der Waals surface area contributed by atoms with E-state index in [1.807, 2.05) is 0 Å². The Bertz CT molecular complexity index is 698. The van der Waals surface area contributed by atoms with E-state index in [9.17, 15) is 8.42 Å². The maximum atomic E-state index is 12.5. The molecule has 0 aliphatic heterocycles. The third-order valence-electron chi connectivity index (χ3n) is 3.11. The molecule has 3 N–H and O–H groups in total. The Kier molecular flexibility index (Phi) is 3.82. The number of hydrogen-bond donors (Lipinski definition) is 2. The van der Waals surface area contributed by atoms with Crippen molar-refractivity contribution in [1.82, 2.24) is 14.3 Å². The number of pyridine rings is 1. The van der Waals surface area contributed by atoms with Crippen molar-refractivity contribution in [1.29, 1.82) is 0 Å². The lowest BCUT2D eigenvalue weighted by atomic mass is 10.3. The Balaban J connectivity index is 2.62. The molecule has 0 aromatic carbocycles. The standard InChI is InChI=1S/C11H15ClN4O2S/c1-7(5-13)16(2)19(17,18)9-6-15-11-10(9)8(12)3-4-14-11/h3-4,6-7H,5,13H2,1-2H3,(H,14,15). The Morgan fingerprint density at radius 2 is 2.26 bits per heavy atom. The van der Waals surface area contributed by atoms with Gasteiger partial charge in [0.2, 0.25) is 10.0 Å². The van der Waals surface area contributed by atoms with Crippen molar-refractivity contribution in [2.24, 2.45) is 5.73 Å². The minimum absolute atomic E-state index is 0.114. The van der Waals surface area contributed by atoms with Crippen LogP contribution in [0.25, 0.3) is 11.0 Å². The number of aromatic nitrogens is 2. The van der Waals surface area contributed by atoms with Crippen LogP contribution in [0.15, 0.2) is 23.4 Å². The van der Waals surface area contributed by atoms with Gasteiger partial charge in [0.1, 0.15) is 10.5 Å². The van der Waals surface area contributed by atoms with Gasteiger partial charge in [0.05, 0.1) is 10.4 Å². The second kappa shape index (κ2) is 5.09. The number of rotatable bonds is 4. The van der Waals surface area contributed by atoms with E-state index < -0.39 is 10.0 Å². The molecule has 2 aromatic rings. The van der Waals surface area contributed by atoms with Crippen LogP contribution < -0.4 is 5.73 Å². The molecule has 0 bridgehead atoms. The summed E-state index contributed by atoms with van der Waals surface area (Å²) in [4.78, 5) is 6.98. The van der Waals surface area contributed by atoms with E-state index in [-0.39, 0.29) is 17.5 Å². The van der Waals surface area contributed by atoms with Crippen LogP contribution in [0.2, 0.25) is 5.02 Å². The third-order valence-corrected chi connectivity index (χ3v) is 5.42. The summed E-state index contributed by atoms with van der Waals surface area (Å²) in [6, 6.07) is 1.26. The zero-order valence-electron chi connectivity index (χ0n) is 10.6. The largest absolute Gasteiger partial charge is 0.345 e. The first-order valence-electron chi connectivity index (χ1n) is 5.69. The number of likely N-dealkylation sites (N-methyl/N-ethyl adjacent to an activating group) is 1. The predicted molar refractivity (Wildman–Crippen MR) is 74.6 cm³/mol. The van der Waals surface area contributed by atoms with Crippen molar-refractivity contribution in [3.63, 3.8) is 0 Å². The van der Waals surface area contributed by atoms with Gasteiger partial charge in [-0.15, -0.1) is 0 Å². The van der Waals surface area contributed by atoms with Gasteiger partial charge in [-0.2, -0.15) is 4.31 Å². The van der Waals surface area contributed by atoms with Gasteiger partial charge in [-0.25, -0.2) is 13.4 Å². The summed E-state index contributed by atoms with van der Waals surface area (Å²) in [5.74, 6) is 0. The minimum atomic E-state index is -3.66. The Hall–Kier alpha value is -1.15. The van der Waals surface area contributed by atoms with Crippen molar-refractivity contribution in [2.45, 2.75) is 17.9 Å². The van der Waals surface area contributed by atoms with Gasteiger partial charge in [0.25, 0.3) is 0 Å². The van der Waals surface area contributed by atoms with Crippen molar-refractivity contribution < 1.29 is 8.42 Å². The molecule has 0 saturated carbocycles. The number of halogens is 1. The molecule has 2 heterocycles. The molecule has 1 atom stereocenters. The second-order valence-corrected chi connectivity index (χ2v) is 6.65. The molecular weight excluding hydrogens is 288 g/mol. The first kappa shape index (κ1) is 14.3. The lowest BCUT2D eigenvalue weighted by molar-refractivity contribution is 0.395. The molecule has 0 saturated heterocycles. The maximum absolute atomic E-state index is 12.5. The Morgan fingerprint density at radius 3 is 2.89 bits per heavy atom. The van der Waals surface area contributed by atoms with Gasteiger partial charge < -0.3 is 10.7 Å². The summed E-state index contributed by atoms with van der Waals surface area (Å²) in [5, 5.41) is 0.749. The number of nitrogens with zero attached hydrogens (tertiary/aromatic N) is 2. The number of nitrogens with two attached hydrogens (primary N) is 1. The van der Waals surface area contributed by atoms with Gasteiger partial charge in [0.15, 0.2) is 0 Å². The summed E-state index contributed by atoms with van der Waals surface area (Å²) in [5.41, 5.74) is 5.96. The van der Waals surface area contributed by atoms with E-state index in [1.165, 1.54) is 23.7 Å². The number of H-pyrrole nitrogens is 1. The Morgan fingerprint density at radius 1 is 1.58 bits per heavy atom. The van der Waals surface area contributed by atoms with Crippen molar-refractivity contribution in [3.8, 4) is 0 Å². The zero-order valence-corrected chi connectivity index (χ0v) is 12.2. The highest BCUT2D eigenvalue weighted by Crippen LogP contribution is 2.30. The highest BCUT2D eigenvalue weighted by atomic mass is 35.5. The fraction of sp³-hybridized carbons (Fsp3) is 0.364. The van der Waals surface area contributed by atoms with Gasteiger partial charge in [0, 0.05) is 32.0 Å². The monoisotopic (exact) mass is 302 g/mol. The highest BCUT2D eigenvalue weighted by molar-refractivity contribution is 7.89. The molecule has 6 nitrogen and oxygen atoms in total. The number of hydrogen-bond acceptors (Lipinski definition) is 4. The van der Waals surface area contributed by atoms with Crippen LogP contribution in [0.5, 0.6) is 0 Å². The van der Waals surface area contributed by atoms with Crippen LogP contribution in [0.3, 0.4) is 0 Å². The van der Waals surface area contributed by atoms with Crippen LogP contribution >= 0.6 is 11.6 Å². The average molecular weight is 303 g/mol. The number of aromatic amines is 1. The van der Waals surface area contributed by atoms with Gasteiger partial charge >= 0.3 is 0 Å². The SMILES string of the molecule is CC(CN)N(C)S(=O)(=O)c1c[nH]c2nccc(Cl)c12. The fourth-order valence-corrected chi connectivity index (χ4v) is 3.58. The summed E-state index contributed by atoms with van der Waals surface area (Å²) in [6.45, 7) is 1.98. The van der Waals surface area contributed by atoms with Gasteiger partial charge in [-0.1, -0.05) is 11.6 Å². The van der Waals surface area contributed by atoms with Crippen LogP contribution in [-0.2, 0) is 10.0 Å². The third kappa shape index (κ3) is 2.34. The minimum Gasteiger partial charge on any atom is -0.345 e. The molecule has 1 unspecified atom stereocenters. The highest BCUT2D eigenvalue weighted by Gasteiger charge is 2.28. The molecule has 0 amide bonds. The fourth-order valence-electron chi connectivity index (χ4n) is 1.73. The summed E-state index contributed by atoms with van der Waals surface area (Å²) < 4.78 is 26.3. The molecule has 2 rings (SSSR count). The van der Waals surface area contributed by atoms with E-state index >= 15 is 0 Å². The molecule has 0 fully saturated rings. The van der Waals surface area contributed by atoms with Crippen LogP contribution in [0.4, 0.5) is 0 Å². The molecular formula is C11H15ClN4O2S. The van der Waals surface area contributed by atoms with E-state index in [0.717, 1.165) is 0 Å². The van der Waals surface area contributed by atoms with Crippen molar-refractivity contribution in [3.05, 3.63) is 23.5 Å². The van der Waals surface area contributed by atoms with Crippen molar-refractivity contribution in [2.75, 3.05) is 13.6 Å². The average Bonchev–Trinajstić information content (AvgIpc) is 2.83. The molecule has 104 valence electrons. The molecule has 0 aliphatic rings. The second-order valence-electron chi connectivity index (χ2n) is 4.28. The molecule has 8 heteroatoms.